The van der Waals surface area contributed by atoms with Crippen molar-refractivity contribution in [1.82, 2.24) is 14.9 Å². The maximum Gasteiger partial charge on any atom is 0.224 e. The lowest BCUT2D eigenvalue weighted by Gasteiger charge is -2.42. The van der Waals surface area contributed by atoms with Crippen molar-refractivity contribution >= 4 is 33.0 Å². The standard InChI is InChI=1S/C27H28N4O2S/c32-24(13-12-17-7-5-6-14-28-17)31-22-10-3-2-9-20(22)30-21-15-29-27(33)25(21)26(31)19-16-34-23-11-4-1-8-18(19)23/h1,4-8,11,14-16,20,22,26,29-30,33H,2-3,9-10,12-13H2/t20-,22-,26-/m1/s1. The smallest absolute Gasteiger partial charge is 0.224 e. The number of carbonyl (C=O) groups excluding carboxylic acids is 1. The van der Waals surface area contributed by atoms with E-state index in [9.17, 15) is 9.90 Å². The molecular formula is C27H28N4O2S. The van der Waals surface area contributed by atoms with Crippen molar-refractivity contribution < 1.29 is 9.90 Å². The van der Waals surface area contributed by atoms with Crippen LogP contribution < -0.4 is 5.32 Å². The van der Waals surface area contributed by atoms with Crippen LogP contribution in [0.2, 0.25) is 0 Å². The first kappa shape index (κ1) is 21.2. The van der Waals surface area contributed by atoms with Crippen LogP contribution in [0.1, 0.15) is 55.0 Å². The number of pyridine rings is 1. The number of nitrogens with zero attached hydrogens (tertiary/aromatic N) is 2. The molecule has 34 heavy (non-hydrogen) atoms. The number of thiophene rings is 1. The fraction of sp³-hybridized carbons (Fsp3) is 0.333. The van der Waals surface area contributed by atoms with Gasteiger partial charge in [0.1, 0.15) is 0 Å². The van der Waals surface area contributed by atoms with Crippen molar-refractivity contribution in [2.75, 3.05) is 5.32 Å². The highest BCUT2D eigenvalue weighted by atomic mass is 32.1. The van der Waals surface area contributed by atoms with Crippen molar-refractivity contribution in [3.05, 3.63) is 77.1 Å². The Bertz CT molecular complexity index is 1310. The molecule has 3 atom stereocenters. The maximum absolute atomic E-state index is 14.0. The summed E-state index contributed by atoms with van der Waals surface area (Å²) >= 11 is 1.69. The van der Waals surface area contributed by atoms with Crippen LogP contribution in [0.15, 0.2) is 60.2 Å². The van der Waals surface area contributed by atoms with Crippen molar-refractivity contribution in [3.8, 4) is 5.88 Å². The average molecular weight is 473 g/mol. The number of hydrogen-bond donors (Lipinski definition) is 3. The average Bonchev–Trinajstić information content (AvgIpc) is 3.42. The third-order valence-corrected chi connectivity index (χ3v) is 8.27. The summed E-state index contributed by atoms with van der Waals surface area (Å²) in [5, 5.41) is 18.0. The third kappa shape index (κ3) is 3.64. The molecule has 1 aliphatic carbocycles. The Kier molecular flexibility index (Phi) is 5.49. The quantitative estimate of drug-likeness (QED) is 0.360. The second-order valence-electron chi connectivity index (χ2n) is 9.28. The van der Waals surface area contributed by atoms with Crippen LogP contribution in [0.3, 0.4) is 0 Å². The largest absolute Gasteiger partial charge is 0.494 e. The van der Waals surface area contributed by atoms with Gasteiger partial charge in [0.25, 0.3) is 0 Å². The van der Waals surface area contributed by atoms with Gasteiger partial charge in [-0.15, -0.1) is 11.3 Å². The molecule has 1 amide bonds. The summed E-state index contributed by atoms with van der Waals surface area (Å²) in [5.74, 6) is 0.238. The molecule has 6 nitrogen and oxygen atoms in total. The fourth-order valence-corrected chi connectivity index (χ4v) is 6.70. The van der Waals surface area contributed by atoms with E-state index in [1.807, 2.05) is 36.5 Å². The minimum absolute atomic E-state index is 0.0699. The second kappa shape index (κ2) is 8.80. The van der Waals surface area contributed by atoms with Crippen LogP contribution in [0.5, 0.6) is 5.88 Å². The molecule has 4 heterocycles. The summed E-state index contributed by atoms with van der Waals surface area (Å²) in [4.78, 5) is 23.6. The molecule has 1 aliphatic heterocycles. The van der Waals surface area contributed by atoms with Gasteiger partial charge in [-0.05, 0) is 53.8 Å². The molecule has 0 saturated heterocycles. The highest BCUT2D eigenvalue weighted by molar-refractivity contribution is 7.17. The Hall–Kier alpha value is -3.32. The van der Waals surface area contributed by atoms with E-state index in [1.54, 1.807) is 17.5 Å². The van der Waals surface area contributed by atoms with Crippen molar-refractivity contribution in [2.24, 2.45) is 0 Å². The number of aromatic nitrogens is 2. The normalized spacial score (nSPS) is 22.0. The molecule has 1 aromatic carbocycles. The first-order valence-corrected chi connectivity index (χ1v) is 12.9. The number of hydrogen-bond acceptors (Lipinski definition) is 5. The molecule has 1 saturated carbocycles. The van der Waals surface area contributed by atoms with Crippen LogP contribution >= 0.6 is 11.3 Å². The van der Waals surface area contributed by atoms with Gasteiger partial charge in [0.2, 0.25) is 5.91 Å². The highest BCUT2D eigenvalue weighted by Crippen LogP contribution is 2.48. The Labute approximate surface area is 202 Å². The second-order valence-corrected chi connectivity index (χ2v) is 10.2. The van der Waals surface area contributed by atoms with E-state index in [1.165, 1.54) is 4.70 Å². The van der Waals surface area contributed by atoms with E-state index in [0.717, 1.165) is 53.6 Å². The number of nitrogens with one attached hydrogen (secondary N) is 2. The Morgan fingerprint density at radius 3 is 2.88 bits per heavy atom. The lowest BCUT2D eigenvalue weighted by molar-refractivity contribution is -0.136. The number of amides is 1. The van der Waals surface area contributed by atoms with E-state index in [2.05, 4.69) is 37.7 Å². The number of aromatic amines is 1. The third-order valence-electron chi connectivity index (χ3n) is 7.29. The van der Waals surface area contributed by atoms with Crippen LogP contribution in [0.4, 0.5) is 5.69 Å². The summed E-state index contributed by atoms with van der Waals surface area (Å²) in [7, 11) is 0. The molecule has 6 rings (SSSR count). The van der Waals surface area contributed by atoms with Crippen molar-refractivity contribution in [3.63, 3.8) is 0 Å². The van der Waals surface area contributed by atoms with E-state index < -0.39 is 0 Å². The molecule has 0 bridgehead atoms. The molecule has 0 unspecified atom stereocenters. The molecule has 1 fully saturated rings. The number of anilines is 1. The number of aromatic hydroxyl groups is 1. The predicted molar refractivity (Wildman–Crippen MR) is 135 cm³/mol. The number of fused-ring (bicyclic) bond motifs is 3. The Morgan fingerprint density at radius 2 is 2.00 bits per heavy atom. The maximum atomic E-state index is 14.0. The molecule has 0 radical (unpaired) electrons. The summed E-state index contributed by atoms with van der Waals surface area (Å²) < 4.78 is 1.19. The molecule has 3 N–H and O–H groups in total. The number of H-pyrrole nitrogens is 1. The van der Waals surface area contributed by atoms with Gasteiger partial charge in [-0.1, -0.05) is 37.1 Å². The lowest BCUT2D eigenvalue weighted by Crippen LogP contribution is -2.51. The number of aryl methyl sites for hydroxylation is 1. The minimum atomic E-state index is -0.353. The monoisotopic (exact) mass is 472 g/mol. The van der Waals surface area contributed by atoms with E-state index in [0.29, 0.717) is 12.8 Å². The number of carbonyl (C=O) groups is 1. The highest BCUT2D eigenvalue weighted by Gasteiger charge is 2.44. The molecule has 2 aliphatic rings. The fourth-order valence-electron chi connectivity index (χ4n) is 5.72. The van der Waals surface area contributed by atoms with Crippen LogP contribution in [-0.2, 0) is 11.2 Å². The zero-order valence-corrected chi connectivity index (χ0v) is 19.7. The zero-order valence-electron chi connectivity index (χ0n) is 18.9. The van der Waals surface area contributed by atoms with E-state index in [4.69, 9.17) is 0 Å². The van der Waals surface area contributed by atoms with E-state index >= 15 is 0 Å². The minimum Gasteiger partial charge on any atom is -0.494 e. The Morgan fingerprint density at radius 1 is 1.15 bits per heavy atom. The molecule has 3 aromatic heterocycles. The summed E-state index contributed by atoms with van der Waals surface area (Å²) in [6.45, 7) is 0. The molecular weight excluding hydrogens is 444 g/mol. The van der Waals surface area contributed by atoms with Crippen LogP contribution in [0.25, 0.3) is 10.1 Å². The number of rotatable bonds is 4. The molecule has 4 aromatic rings. The first-order valence-electron chi connectivity index (χ1n) is 12.0. The SMILES string of the molecule is O=C(CCc1ccccn1)N1[C@H](c2csc3ccccc23)c2c(c[nH]c2O)N[C@@H]2CCCC[C@H]21. The zero-order chi connectivity index (χ0) is 23.1. The predicted octanol–water partition coefficient (Wildman–Crippen LogP) is 5.62. The van der Waals surface area contributed by atoms with E-state index in [-0.39, 0.29) is 29.9 Å². The van der Waals surface area contributed by atoms with Gasteiger partial charge in [-0.2, -0.15) is 0 Å². The topological polar surface area (TPSA) is 81.2 Å². The number of benzene rings is 1. The molecule has 0 spiro atoms. The van der Waals surface area contributed by atoms with Crippen molar-refractivity contribution in [2.45, 2.75) is 56.7 Å². The molecule has 7 heteroatoms. The molecule has 174 valence electrons. The summed E-state index contributed by atoms with van der Waals surface area (Å²) in [6, 6.07) is 14.0. The summed E-state index contributed by atoms with van der Waals surface area (Å²) in [5.41, 5.74) is 3.67. The van der Waals surface area contributed by atoms with Crippen molar-refractivity contribution in [1.29, 1.82) is 0 Å². The van der Waals surface area contributed by atoms with Gasteiger partial charge in [0.15, 0.2) is 5.88 Å². The van der Waals surface area contributed by atoms with Gasteiger partial charge in [-0.3, -0.25) is 9.78 Å². The lowest BCUT2D eigenvalue weighted by atomic mass is 9.87. The van der Waals surface area contributed by atoms with Crippen LogP contribution in [0, 0.1) is 0 Å². The Balaban J connectivity index is 1.48. The van der Waals surface area contributed by atoms with Gasteiger partial charge >= 0.3 is 0 Å². The summed E-state index contributed by atoms with van der Waals surface area (Å²) in [6.07, 6.45) is 8.83. The van der Waals surface area contributed by atoms with Gasteiger partial charge in [0.05, 0.1) is 23.3 Å². The first-order chi connectivity index (χ1) is 16.7. The van der Waals surface area contributed by atoms with Crippen LogP contribution in [-0.4, -0.2) is 38.0 Å². The van der Waals surface area contributed by atoms with Gasteiger partial charge in [0, 0.05) is 35.3 Å². The van der Waals surface area contributed by atoms with Gasteiger partial charge in [-0.25, -0.2) is 0 Å². The van der Waals surface area contributed by atoms with Gasteiger partial charge < -0.3 is 20.3 Å².